The first-order valence-electron chi connectivity index (χ1n) is 20.2. The third-order valence-corrected chi connectivity index (χ3v) is 11.6. The molecule has 12 aromatic rings. The molecule has 12 rings (SSSR count). The van der Waals surface area contributed by atoms with Gasteiger partial charge in [-0.05, 0) is 75.5 Å². The number of nitrogens with zero attached hydrogens (tertiary/aromatic N) is 4. The van der Waals surface area contributed by atoms with E-state index in [-0.39, 0.29) is 0 Å². The lowest BCUT2D eigenvalue weighted by molar-refractivity contribution is 0.669. The van der Waals surface area contributed by atoms with Crippen molar-refractivity contribution in [1.82, 2.24) is 19.5 Å². The zero-order valence-corrected chi connectivity index (χ0v) is 32.3. The highest BCUT2D eigenvalue weighted by Gasteiger charge is 2.25. The molecule has 0 aliphatic heterocycles. The summed E-state index contributed by atoms with van der Waals surface area (Å²) in [5, 5.41) is 6.69. The second kappa shape index (κ2) is 13.8. The lowest BCUT2D eigenvalue weighted by Crippen LogP contribution is -2.04. The van der Waals surface area contributed by atoms with Gasteiger partial charge in [-0.1, -0.05) is 164 Å². The fourth-order valence-electron chi connectivity index (χ4n) is 8.87. The molecule has 0 aliphatic carbocycles. The van der Waals surface area contributed by atoms with Crippen LogP contribution in [0.2, 0.25) is 0 Å². The Balaban J connectivity index is 1.17. The number of benzene rings is 9. The Bertz CT molecular complexity index is 3530. The van der Waals surface area contributed by atoms with Crippen LogP contribution in [0.25, 0.3) is 117 Å². The van der Waals surface area contributed by atoms with Crippen LogP contribution >= 0.6 is 0 Å². The number of para-hydroxylation sites is 2. The molecule has 0 atom stereocenters. The van der Waals surface area contributed by atoms with E-state index < -0.39 is 0 Å². The summed E-state index contributed by atoms with van der Waals surface area (Å²) < 4.78 is 9.01. The maximum atomic E-state index is 6.60. The van der Waals surface area contributed by atoms with E-state index in [0.717, 1.165) is 71.5 Å². The van der Waals surface area contributed by atoms with Gasteiger partial charge in [0.2, 0.25) is 0 Å². The fourth-order valence-corrected chi connectivity index (χ4v) is 8.87. The number of hydrogen-bond acceptors (Lipinski definition) is 4. The van der Waals surface area contributed by atoms with Crippen LogP contribution < -0.4 is 0 Å². The number of fused-ring (bicyclic) bond motifs is 7. The molecule has 3 heterocycles. The van der Waals surface area contributed by atoms with Gasteiger partial charge in [-0.15, -0.1) is 0 Å². The Kier molecular flexibility index (Phi) is 7.78. The molecule has 0 radical (unpaired) electrons. The first-order valence-corrected chi connectivity index (χ1v) is 20.2. The number of aromatic nitrogens is 4. The van der Waals surface area contributed by atoms with Gasteiger partial charge in [0.1, 0.15) is 11.2 Å². The number of hydrogen-bond donors (Lipinski definition) is 0. The van der Waals surface area contributed by atoms with Gasteiger partial charge < -0.3 is 8.98 Å². The average molecular weight is 767 g/mol. The van der Waals surface area contributed by atoms with E-state index in [9.17, 15) is 0 Å². The monoisotopic (exact) mass is 766 g/mol. The average Bonchev–Trinajstić information content (AvgIpc) is 3.86. The van der Waals surface area contributed by atoms with Crippen LogP contribution in [0.1, 0.15) is 0 Å². The third-order valence-electron chi connectivity index (χ3n) is 11.6. The molecule has 0 unspecified atom stereocenters. The van der Waals surface area contributed by atoms with Crippen molar-refractivity contribution >= 4 is 54.5 Å². The highest BCUT2D eigenvalue weighted by molar-refractivity contribution is 6.19. The van der Waals surface area contributed by atoms with E-state index in [2.05, 4.69) is 138 Å². The van der Waals surface area contributed by atoms with Gasteiger partial charge in [-0.3, -0.25) is 0 Å². The zero-order valence-electron chi connectivity index (χ0n) is 32.3. The molecule has 9 aromatic carbocycles. The minimum absolute atomic E-state index is 0.581. The Labute approximate surface area is 345 Å². The van der Waals surface area contributed by atoms with Gasteiger partial charge in [0, 0.05) is 32.8 Å². The Morgan fingerprint density at radius 3 is 1.68 bits per heavy atom. The molecule has 5 nitrogen and oxygen atoms in total. The molecular formula is C55H34N4O. The lowest BCUT2D eigenvalue weighted by Gasteiger charge is -2.16. The molecule has 0 bridgehead atoms. The molecule has 0 N–H and O–H groups in total. The zero-order chi connectivity index (χ0) is 39.6. The SMILES string of the molecule is c1ccc(-c2cccc(-c3cccc4cc5c(cc34)c3ccccc3n5-c3c(-c4nc(-c5ccccc5)nc(-c5ccccc5)n4)ccc4oc5ccccc5c34)c2)cc1. The van der Waals surface area contributed by atoms with Gasteiger partial charge >= 0.3 is 0 Å². The highest BCUT2D eigenvalue weighted by atomic mass is 16.3. The van der Waals surface area contributed by atoms with Crippen molar-refractivity contribution in [2.75, 3.05) is 0 Å². The second-order valence-corrected chi connectivity index (χ2v) is 15.2. The van der Waals surface area contributed by atoms with Crippen molar-refractivity contribution in [3.63, 3.8) is 0 Å². The van der Waals surface area contributed by atoms with Crippen molar-refractivity contribution in [1.29, 1.82) is 0 Å². The summed E-state index contributed by atoms with van der Waals surface area (Å²) >= 11 is 0. The smallest absolute Gasteiger partial charge is 0.166 e. The van der Waals surface area contributed by atoms with Gasteiger partial charge in [0.25, 0.3) is 0 Å². The van der Waals surface area contributed by atoms with E-state index in [4.69, 9.17) is 19.4 Å². The van der Waals surface area contributed by atoms with Gasteiger partial charge in [-0.2, -0.15) is 0 Å². The van der Waals surface area contributed by atoms with Gasteiger partial charge in [-0.25, -0.2) is 15.0 Å². The third kappa shape index (κ3) is 5.52. The van der Waals surface area contributed by atoms with Crippen LogP contribution in [0.15, 0.2) is 211 Å². The predicted molar refractivity (Wildman–Crippen MR) is 246 cm³/mol. The highest BCUT2D eigenvalue weighted by Crippen LogP contribution is 2.45. The molecule has 0 saturated carbocycles. The van der Waals surface area contributed by atoms with Crippen molar-refractivity contribution in [3.8, 4) is 62.1 Å². The first kappa shape index (κ1) is 33.9. The molecule has 5 heteroatoms. The minimum Gasteiger partial charge on any atom is -0.456 e. The molecule has 60 heavy (non-hydrogen) atoms. The number of rotatable bonds is 6. The standard InChI is InChI=1S/C55H34N4O/c1-4-16-35(17-5-1)38-22-14-23-39(32-38)41-27-15-24-40-33-48-46(34-45(40)41)42-25-10-12-28-47(42)59(48)52-44(30-31-50-51(52)43-26-11-13-29-49(43)60-50)55-57-53(36-18-6-2-7-19-36)56-54(58-55)37-20-8-3-9-21-37/h1-34H. The number of furan rings is 1. The minimum atomic E-state index is 0.581. The first-order chi connectivity index (χ1) is 29.7. The molecule has 0 aliphatic rings. The van der Waals surface area contributed by atoms with Crippen LogP contribution in [0.3, 0.4) is 0 Å². The Morgan fingerprint density at radius 1 is 0.333 bits per heavy atom. The summed E-state index contributed by atoms with van der Waals surface area (Å²) in [6, 6.07) is 72.2. The fraction of sp³-hybridized carbons (Fsp3) is 0. The van der Waals surface area contributed by atoms with Crippen LogP contribution in [0.5, 0.6) is 0 Å². The second-order valence-electron chi connectivity index (χ2n) is 15.2. The van der Waals surface area contributed by atoms with Gasteiger partial charge in [0.15, 0.2) is 17.5 Å². The largest absolute Gasteiger partial charge is 0.456 e. The van der Waals surface area contributed by atoms with Gasteiger partial charge in [0.05, 0.1) is 22.1 Å². The maximum absolute atomic E-state index is 6.60. The topological polar surface area (TPSA) is 56.7 Å². The van der Waals surface area contributed by atoms with Crippen LogP contribution in [-0.4, -0.2) is 19.5 Å². The summed E-state index contributed by atoms with van der Waals surface area (Å²) in [5.74, 6) is 1.80. The van der Waals surface area contributed by atoms with Crippen LogP contribution in [0, 0.1) is 0 Å². The van der Waals surface area contributed by atoms with Crippen LogP contribution in [0.4, 0.5) is 0 Å². The molecule has 280 valence electrons. The quantitative estimate of drug-likeness (QED) is 0.169. The predicted octanol–water partition coefficient (Wildman–Crippen LogP) is 14.4. The van der Waals surface area contributed by atoms with Crippen LogP contribution in [-0.2, 0) is 0 Å². The summed E-state index contributed by atoms with van der Waals surface area (Å²) in [5.41, 5.74) is 12.2. The molecule has 0 saturated heterocycles. The van der Waals surface area contributed by atoms with E-state index in [1.54, 1.807) is 0 Å². The molecular weight excluding hydrogens is 733 g/mol. The van der Waals surface area contributed by atoms with E-state index in [0.29, 0.717) is 17.5 Å². The molecule has 0 fully saturated rings. The molecule has 0 amide bonds. The molecule has 0 spiro atoms. The Morgan fingerprint density at radius 2 is 0.933 bits per heavy atom. The van der Waals surface area contributed by atoms with Crippen molar-refractivity contribution in [2.24, 2.45) is 0 Å². The van der Waals surface area contributed by atoms with Crippen molar-refractivity contribution < 1.29 is 4.42 Å². The van der Waals surface area contributed by atoms with Crippen molar-refractivity contribution in [2.45, 2.75) is 0 Å². The van der Waals surface area contributed by atoms with E-state index in [1.807, 2.05) is 72.8 Å². The summed E-state index contributed by atoms with van der Waals surface area (Å²) in [4.78, 5) is 15.6. The Hall–Kier alpha value is -8.15. The maximum Gasteiger partial charge on any atom is 0.166 e. The lowest BCUT2D eigenvalue weighted by atomic mass is 9.94. The normalized spacial score (nSPS) is 11.7. The summed E-state index contributed by atoms with van der Waals surface area (Å²) in [7, 11) is 0. The van der Waals surface area contributed by atoms with E-state index >= 15 is 0 Å². The van der Waals surface area contributed by atoms with E-state index in [1.165, 1.54) is 27.6 Å². The summed E-state index contributed by atoms with van der Waals surface area (Å²) in [6.07, 6.45) is 0. The van der Waals surface area contributed by atoms with Crippen molar-refractivity contribution in [3.05, 3.63) is 206 Å². The summed E-state index contributed by atoms with van der Waals surface area (Å²) in [6.45, 7) is 0. The molecule has 3 aromatic heterocycles.